The van der Waals surface area contributed by atoms with Gasteiger partial charge in [0, 0.05) is 31.9 Å². The summed E-state index contributed by atoms with van der Waals surface area (Å²) in [6.07, 6.45) is 3.22. The molecule has 0 radical (unpaired) electrons. The Bertz CT molecular complexity index is 981. The fraction of sp³-hybridized carbons (Fsp3) is 0.238. The SMILES string of the molecule is CCN(Cc1cccc(NC(=O)c2cnn(-c3ccccn3)c2C)c1)C(C)=O. The average Bonchev–Trinajstić information content (AvgIpc) is 3.08. The monoisotopic (exact) mass is 377 g/mol. The number of hydrogen-bond acceptors (Lipinski definition) is 4. The van der Waals surface area contributed by atoms with Gasteiger partial charge in [0.1, 0.15) is 0 Å². The van der Waals surface area contributed by atoms with E-state index in [4.69, 9.17) is 0 Å². The first kappa shape index (κ1) is 19.3. The number of anilines is 1. The van der Waals surface area contributed by atoms with Crippen LogP contribution in [0.1, 0.15) is 35.5 Å². The second kappa shape index (κ2) is 8.47. The molecule has 1 N–H and O–H groups in total. The maximum absolute atomic E-state index is 12.7. The Balaban J connectivity index is 1.76. The van der Waals surface area contributed by atoms with E-state index in [1.807, 2.05) is 56.3 Å². The summed E-state index contributed by atoms with van der Waals surface area (Å²) in [5.74, 6) is 0.440. The van der Waals surface area contributed by atoms with E-state index >= 15 is 0 Å². The van der Waals surface area contributed by atoms with Crippen LogP contribution in [0.5, 0.6) is 0 Å². The fourth-order valence-corrected chi connectivity index (χ4v) is 2.95. The molecule has 144 valence electrons. The molecule has 0 bridgehead atoms. The lowest BCUT2D eigenvalue weighted by Gasteiger charge is -2.19. The molecule has 0 atom stereocenters. The number of hydrogen-bond donors (Lipinski definition) is 1. The summed E-state index contributed by atoms with van der Waals surface area (Å²) in [7, 11) is 0. The van der Waals surface area contributed by atoms with Gasteiger partial charge in [-0.2, -0.15) is 5.10 Å². The van der Waals surface area contributed by atoms with E-state index in [0.717, 1.165) is 5.56 Å². The summed E-state index contributed by atoms with van der Waals surface area (Å²) in [4.78, 5) is 30.4. The van der Waals surface area contributed by atoms with E-state index < -0.39 is 0 Å². The number of carbonyl (C=O) groups excluding carboxylic acids is 2. The molecular weight excluding hydrogens is 354 g/mol. The molecule has 2 amide bonds. The molecule has 0 saturated carbocycles. The predicted molar refractivity (Wildman–Crippen MR) is 107 cm³/mol. The zero-order valence-electron chi connectivity index (χ0n) is 16.2. The molecule has 3 rings (SSSR count). The van der Waals surface area contributed by atoms with Crippen LogP contribution in [0.3, 0.4) is 0 Å². The first-order valence-corrected chi connectivity index (χ1v) is 9.11. The first-order valence-electron chi connectivity index (χ1n) is 9.11. The third-order valence-corrected chi connectivity index (χ3v) is 4.51. The minimum atomic E-state index is -0.240. The largest absolute Gasteiger partial charge is 0.339 e. The molecule has 7 nitrogen and oxygen atoms in total. The van der Waals surface area contributed by atoms with E-state index in [-0.39, 0.29) is 11.8 Å². The Morgan fingerprint density at radius 1 is 1.18 bits per heavy atom. The number of nitrogens with one attached hydrogen (secondary N) is 1. The van der Waals surface area contributed by atoms with Gasteiger partial charge in [-0.15, -0.1) is 0 Å². The zero-order chi connectivity index (χ0) is 20.1. The number of nitrogens with zero attached hydrogens (tertiary/aromatic N) is 4. The van der Waals surface area contributed by atoms with Gasteiger partial charge < -0.3 is 10.2 Å². The molecule has 0 saturated heterocycles. The highest BCUT2D eigenvalue weighted by Crippen LogP contribution is 2.17. The number of rotatable bonds is 6. The third-order valence-electron chi connectivity index (χ3n) is 4.51. The molecule has 0 aliphatic heterocycles. The predicted octanol–water partition coefficient (Wildman–Crippen LogP) is 3.20. The van der Waals surface area contributed by atoms with Gasteiger partial charge in [0.15, 0.2) is 5.82 Å². The van der Waals surface area contributed by atoms with Crippen LogP contribution < -0.4 is 5.32 Å². The molecule has 0 aliphatic carbocycles. The summed E-state index contributed by atoms with van der Waals surface area (Å²) in [6.45, 7) is 6.47. The normalized spacial score (nSPS) is 10.5. The Kier molecular flexibility index (Phi) is 5.84. The molecule has 0 spiro atoms. The second-order valence-corrected chi connectivity index (χ2v) is 6.43. The molecular formula is C21H23N5O2. The summed E-state index contributed by atoms with van der Waals surface area (Å²) in [5.41, 5.74) is 2.82. The Hall–Kier alpha value is -3.48. The van der Waals surface area contributed by atoms with Crippen LogP contribution in [0.2, 0.25) is 0 Å². The van der Waals surface area contributed by atoms with Crippen molar-refractivity contribution >= 4 is 17.5 Å². The number of aromatic nitrogens is 3. The lowest BCUT2D eigenvalue weighted by Crippen LogP contribution is -2.27. The molecule has 0 fully saturated rings. The first-order chi connectivity index (χ1) is 13.5. The lowest BCUT2D eigenvalue weighted by atomic mass is 10.1. The van der Waals surface area contributed by atoms with Gasteiger partial charge in [0.2, 0.25) is 5.91 Å². The smallest absolute Gasteiger partial charge is 0.259 e. The van der Waals surface area contributed by atoms with Crippen LogP contribution >= 0.6 is 0 Å². The molecule has 7 heteroatoms. The quantitative estimate of drug-likeness (QED) is 0.715. The minimum absolute atomic E-state index is 0.0227. The van der Waals surface area contributed by atoms with Gasteiger partial charge in [-0.1, -0.05) is 18.2 Å². The van der Waals surface area contributed by atoms with Gasteiger partial charge in [-0.3, -0.25) is 9.59 Å². The highest BCUT2D eigenvalue weighted by Gasteiger charge is 2.16. The van der Waals surface area contributed by atoms with Crippen molar-refractivity contribution in [3.05, 3.63) is 71.7 Å². The highest BCUT2D eigenvalue weighted by atomic mass is 16.2. The van der Waals surface area contributed by atoms with Gasteiger partial charge in [-0.25, -0.2) is 9.67 Å². The van der Waals surface area contributed by atoms with Crippen LogP contribution in [-0.4, -0.2) is 38.0 Å². The fourth-order valence-electron chi connectivity index (χ4n) is 2.95. The summed E-state index contributed by atoms with van der Waals surface area (Å²) < 4.78 is 1.64. The van der Waals surface area contributed by atoms with Crippen LogP contribution in [0.25, 0.3) is 5.82 Å². The highest BCUT2D eigenvalue weighted by molar-refractivity contribution is 6.05. The summed E-state index contributed by atoms with van der Waals surface area (Å²) in [6, 6.07) is 13.0. The van der Waals surface area contributed by atoms with Crippen LogP contribution in [0.4, 0.5) is 5.69 Å². The van der Waals surface area contributed by atoms with Crippen molar-refractivity contribution in [2.75, 3.05) is 11.9 Å². The van der Waals surface area contributed by atoms with Crippen molar-refractivity contribution in [2.24, 2.45) is 0 Å². The van der Waals surface area contributed by atoms with Crippen molar-refractivity contribution in [1.82, 2.24) is 19.7 Å². The number of pyridine rings is 1. The molecule has 2 heterocycles. The Labute approximate surface area is 164 Å². The minimum Gasteiger partial charge on any atom is -0.339 e. The van der Waals surface area contributed by atoms with Crippen LogP contribution in [0, 0.1) is 6.92 Å². The van der Waals surface area contributed by atoms with Gasteiger partial charge >= 0.3 is 0 Å². The van der Waals surface area contributed by atoms with E-state index in [2.05, 4.69) is 15.4 Å². The van der Waals surface area contributed by atoms with E-state index in [9.17, 15) is 9.59 Å². The zero-order valence-corrected chi connectivity index (χ0v) is 16.2. The third kappa shape index (κ3) is 4.25. The standard InChI is InChI=1S/C21H23N5O2/c1-4-25(16(3)27)14-17-8-7-9-18(12-17)24-21(28)19-13-23-26(15(19)2)20-10-5-6-11-22-20/h5-13H,4,14H2,1-3H3,(H,24,28). The van der Waals surface area contributed by atoms with Crippen molar-refractivity contribution in [2.45, 2.75) is 27.3 Å². The van der Waals surface area contributed by atoms with Crippen LogP contribution in [0.15, 0.2) is 54.9 Å². The van der Waals surface area contributed by atoms with Gasteiger partial charge in [0.25, 0.3) is 5.91 Å². The van der Waals surface area contributed by atoms with Crippen molar-refractivity contribution in [3.8, 4) is 5.82 Å². The van der Waals surface area contributed by atoms with E-state index in [0.29, 0.717) is 35.9 Å². The van der Waals surface area contributed by atoms with Gasteiger partial charge in [-0.05, 0) is 43.7 Å². The number of benzene rings is 1. The Morgan fingerprint density at radius 3 is 2.68 bits per heavy atom. The van der Waals surface area contributed by atoms with Crippen molar-refractivity contribution in [1.29, 1.82) is 0 Å². The number of carbonyl (C=O) groups is 2. The van der Waals surface area contributed by atoms with E-state index in [1.165, 1.54) is 6.20 Å². The molecule has 3 aromatic rings. The summed E-state index contributed by atoms with van der Waals surface area (Å²) >= 11 is 0. The molecule has 2 aromatic heterocycles. The maximum Gasteiger partial charge on any atom is 0.259 e. The maximum atomic E-state index is 12.7. The van der Waals surface area contributed by atoms with Crippen molar-refractivity contribution < 1.29 is 9.59 Å². The molecule has 28 heavy (non-hydrogen) atoms. The molecule has 1 aromatic carbocycles. The molecule has 0 unspecified atom stereocenters. The topological polar surface area (TPSA) is 80.1 Å². The second-order valence-electron chi connectivity index (χ2n) is 6.43. The summed E-state index contributed by atoms with van der Waals surface area (Å²) in [5, 5.41) is 7.19. The van der Waals surface area contributed by atoms with E-state index in [1.54, 1.807) is 22.7 Å². The Morgan fingerprint density at radius 2 is 2.00 bits per heavy atom. The van der Waals surface area contributed by atoms with Gasteiger partial charge in [0.05, 0.1) is 17.5 Å². The molecule has 0 aliphatic rings. The lowest BCUT2D eigenvalue weighted by molar-refractivity contribution is -0.129. The van der Waals surface area contributed by atoms with Crippen LogP contribution in [-0.2, 0) is 11.3 Å². The number of amides is 2. The average molecular weight is 377 g/mol. The van der Waals surface area contributed by atoms with Crippen molar-refractivity contribution in [3.63, 3.8) is 0 Å².